The van der Waals surface area contributed by atoms with Gasteiger partial charge in [-0.05, 0) is 38.8 Å². The third-order valence-electron chi connectivity index (χ3n) is 2.73. The molecule has 0 fully saturated rings. The molecule has 0 spiro atoms. The van der Waals surface area contributed by atoms with Gasteiger partial charge in [0, 0.05) is 23.8 Å². The van der Waals surface area contributed by atoms with Gasteiger partial charge in [0.2, 0.25) is 0 Å². The van der Waals surface area contributed by atoms with E-state index in [2.05, 4.69) is 37.6 Å². The number of anilines is 1. The van der Waals surface area contributed by atoms with E-state index in [1.54, 1.807) is 0 Å². The van der Waals surface area contributed by atoms with Crippen LogP contribution in [-0.2, 0) is 0 Å². The van der Waals surface area contributed by atoms with Gasteiger partial charge in [-0.3, -0.25) is 5.41 Å². The Morgan fingerprint density at radius 3 is 2.39 bits per heavy atom. The third-order valence-corrected chi connectivity index (χ3v) is 2.73. The number of pyridine rings is 1. The van der Waals surface area contributed by atoms with Crippen molar-refractivity contribution >= 4 is 11.7 Å². The molecule has 0 saturated heterocycles. The summed E-state index contributed by atoms with van der Waals surface area (Å²) in [6, 6.07) is 4.12. The van der Waals surface area contributed by atoms with Gasteiger partial charge in [-0.15, -0.1) is 0 Å². The average Bonchev–Trinajstić information content (AvgIpc) is 2.24. The normalized spacial score (nSPS) is 11.1. The maximum absolute atomic E-state index is 7.55. The molecule has 0 atom stereocenters. The van der Waals surface area contributed by atoms with Gasteiger partial charge in [-0.2, -0.15) is 0 Å². The van der Waals surface area contributed by atoms with Gasteiger partial charge in [0.25, 0.3) is 0 Å². The van der Waals surface area contributed by atoms with E-state index in [1.807, 2.05) is 19.1 Å². The fourth-order valence-electron chi connectivity index (χ4n) is 1.92. The zero-order valence-electron chi connectivity index (χ0n) is 12.0. The largest absolute Gasteiger partial charge is 0.384 e. The summed E-state index contributed by atoms with van der Waals surface area (Å²) in [5, 5.41) is 7.55. The van der Waals surface area contributed by atoms with Crippen molar-refractivity contribution in [2.75, 3.05) is 11.4 Å². The molecule has 3 N–H and O–H groups in total. The minimum absolute atomic E-state index is 0.0926. The predicted octanol–water partition coefficient (Wildman–Crippen LogP) is 2.54. The molecule has 1 heterocycles. The SMILES string of the molecule is Cc1cc(C(=N)N)cc(N(CC(C)C)C(C)C)n1. The Balaban J connectivity index is 3.15. The molecule has 0 radical (unpaired) electrons. The summed E-state index contributed by atoms with van der Waals surface area (Å²) >= 11 is 0. The monoisotopic (exact) mass is 248 g/mol. The van der Waals surface area contributed by atoms with Crippen LogP contribution in [0.1, 0.15) is 39.0 Å². The topological polar surface area (TPSA) is 66.0 Å². The molecular weight excluding hydrogens is 224 g/mol. The van der Waals surface area contributed by atoms with Crippen LogP contribution in [0.3, 0.4) is 0 Å². The standard InChI is InChI=1S/C14H24N4/c1-9(2)8-18(10(3)4)13-7-12(14(15)16)6-11(5)17-13/h6-7,9-10H,8H2,1-5H3,(H3,15,16). The molecule has 4 heteroatoms. The van der Waals surface area contributed by atoms with Crippen LogP contribution in [0.2, 0.25) is 0 Å². The summed E-state index contributed by atoms with van der Waals surface area (Å²) in [5.74, 6) is 1.56. The highest BCUT2D eigenvalue weighted by Crippen LogP contribution is 2.18. The number of nitrogens with one attached hydrogen (secondary N) is 1. The molecule has 1 aromatic heterocycles. The van der Waals surface area contributed by atoms with Crippen LogP contribution in [0.5, 0.6) is 0 Å². The van der Waals surface area contributed by atoms with Crippen LogP contribution in [-0.4, -0.2) is 23.4 Å². The van der Waals surface area contributed by atoms with E-state index in [4.69, 9.17) is 11.1 Å². The van der Waals surface area contributed by atoms with Gasteiger partial charge < -0.3 is 10.6 Å². The lowest BCUT2D eigenvalue weighted by atomic mass is 10.1. The molecule has 0 unspecified atom stereocenters. The number of hydrogen-bond acceptors (Lipinski definition) is 3. The highest BCUT2D eigenvalue weighted by atomic mass is 15.2. The van der Waals surface area contributed by atoms with Gasteiger partial charge in [-0.25, -0.2) is 4.98 Å². The zero-order chi connectivity index (χ0) is 13.9. The number of hydrogen-bond donors (Lipinski definition) is 2. The zero-order valence-corrected chi connectivity index (χ0v) is 12.0. The van der Waals surface area contributed by atoms with E-state index in [0.29, 0.717) is 12.0 Å². The predicted molar refractivity (Wildman–Crippen MR) is 77.3 cm³/mol. The van der Waals surface area contributed by atoms with Crippen LogP contribution < -0.4 is 10.6 Å². The Morgan fingerprint density at radius 1 is 1.33 bits per heavy atom. The number of aryl methyl sites for hydroxylation is 1. The van der Waals surface area contributed by atoms with Crippen molar-refractivity contribution in [1.29, 1.82) is 5.41 Å². The lowest BCUT2D eigenvalue weighted by Crippen LogP contribution is -2.35. The lowest BCUT2D eigenvalue weighted by molar-refractivity contribution is 0.565. The molecule has 0 aromatic carbocycles. The van der Waals surface area contributed by atoms with Gasteiger partial charge in [0.15, 0.2) is 0 Å². The van der Waals surface area contributed by atoms with Crippen molar-refractivity contribution in [1.82, 2.24) is 4.98 Å². The van der Waals surface area contributed by atoms with E-state index < -0.39 is 0 Å². The van der Waals surface area contributed by atoms with Crippen molar-refractivity contribution in [2.45, 2.75) is 40.7 Å². The Kier molecular flexibility index (Phi) is 4.70. The van der Waals surface area contributed by atoms with Crippen molar-refractivity contribution < 1.29 is 0 Å². The summed E-state index contributed by atoms with van der Waals surface area (Å²) in [7, 11) is 0. The fraction of sp³-hybridized carbons (Fsp3) is 0.571. The first-order valence-corrected chi connectivity index (χ1v) is 6.41. The second-order valence-electron chi connectivity index (χ2n) is 5.41. The van der Waals surface area contributed by atoms with Crippen LogP contribution in [0.4, 0.5) is 5.82 Å². The number of aromatic nitrogens is 1. The van der Waals surface area contributed by atoms with Gasteiger partial charge in [-0.1, -0.05) is 13.8 Å². The molecule has 0 aliphatic rings. The molecule has 4 nitrogen and oxygen atoms in total. The molecule has 1 rings (SSSR count). The molecule has 0 aliphatic heterocycles. The molecular formula is C14H24N4. The van der Waals surface area contributed by atoms with Gasteiger partial charge in [0.05, 0.1) is 0 Å². The number of nitrogen functional groups attached to an aromatic ring is 1. The molecule has 0 amide bonds. The van der Waals surface area contributed by atoms with Crippen LogP contribution in [0.15, 0.2) is 12.1 Å². The van der Waals surface area contributed by atoms with E-state index >= 15 is 0 Å². The Labute approximate surface area is 110 Å². The molecule has 0 bridgehead atoms. The molecule has 0 aliphatic carbocycles. The summed E-state index contributed by atoms with van der Waals surface area (Å²) < 4.78 is 0. The first-order valence-electron chi connectivity index (χ1n) is 6.41. The highest BCUT2D eigenvalue weighted by Gasteiger charge is 2.15. The first-order chi connectivity index (χ1) is 8.31. The summed E-state index contributed by atoms with van der Waals surface area (Å²) in [6.07, 6.45) is 0. The Hall–Kier alpha value is -1.58. The minimum Gasteiger partial charge on any atom is -0.384 e. The van der Waals surface area contributed by atoms with Gasteiger partial charge in [0.1, 0.15) is 11.7 Å². The summed E-state index contributed by atoms with van der Waals surface area (Å²) in [5.41, 5.74) is 7.20. The van der Waals surface area contributed by atoms with Crippen molar-refractivity contribution in [3.8, 4) is 0 Å². The van der Waals surface area contributed by atoms with Crippen molar-refractivity contribution in [2.24, 2.45) is 11.7 Å². The van der Waals surface area contributed by atoms with Crippen LogP contribution in [0, 0.1) is 18.3 Å². The number of rotatable bonds is 5. The first kappa shape index (κ1) is 14.5. The van der Waals surface area contributed by atoms with Crippen LogP contribution >= 0.6 is 0 Å². The maximum atomic E-state index is 7.55. The molecule has 0 saturated carbocycles. The summed E-state index contributed by atoms with van der Waals surface area (Å²) in [4.78, 5) is 6.82. The lowest BCUT2D eigenvalue weighted by Gasteiger charge is -2.30. The third kappa shape index (κ3) is 3.72. The quantitative estimate of drug-likeness (QED) is 0.621. The van der Waals surface area contributed by atoms with Crippen molar-refractivity contribution in [3.05, 3.63) is 23.4 Å². The number of nitrogens with two attached hydrogens (primary N) is 1. The molecule has 100 valence electrons. The number of nitrogens with zero attached hydrogens (tertiary/aromatic N) is 2. The summed E-state index contributed by atoms with van der Waals surface area (Å²) in [6.45, 7) is 11.6. The second-order valence-corrected chi connectivity index (χ2v) is 5.41. The van der Waals surface area contributed by atoms with E-state index in [9.17, 15) is 0 Å². The number of amidine groups is 1. The minimum atomic E-state index is 0.0926. The Morgan fingerprint density at radius 2 is 1.94 bits per heavy atom. The van der Waals surface area contributed by atoms with Gasteiger partial charge >= 0.3 is 0 Å². The smallest absolute Gasteiger partial charge is 0.129 e. The van der Waals surface area contributed by atoms with Crippen LogP contribution in [0.25, 0.3) is 0 Å². The second kappa shape index (κ2) is 5.85. The molecule has 1 aromatic rings. The Bertz CT molecular complexity index is 424. The average molecular weight is 248 g/mol. The highest BCUT2D eigenvalue weighted by molar-refractivity contribution is 5.95. The molecule has 18 heavy (non-hydrogen) atoms. The van der Waals surface area contributed by atoms with E-state index in [0.717, 1.165) is 23.6 Å². The van der Waals surface area contributed by atoms with E-state index in [1.165, 1.54) is 0 Å². The fourth-order valence-corrected chi connectivity index (χ4v) is 1.92. The van der Waals surface area contributed by atoms with Crippen molar-refractivity contribution in [3.63, 3.8) is 0 Å². The van der Waals surface area contributed by atoms with E-state index in [-0.39, 0.29) is 5.84 Å². The maximum Gasteiger partial charge on any atom is 0.129 e.